The van der Waals surface area contributed by atoms with Crippen molar-refractivity contribution in [3.63, 3.8) is 0 Å². The first-order valence-corrected chi connectivity index (χ1v) is 7.13. The van der Waals surface area contributed by atoms with E-state index in [-0.39, 0.29) is 17.8 Å². The minimum absolute atomic E-state index is 0.124. The van der Waals surface area contributed by atoms with Gasteiger partial charge in [0, 0.05) is 5.38 Å². The summed E-state index contributed by atoms with van der Waals surface area (Å²) < 4.78 is 36.9. The Morgan fingerprint density at radius 3 is 2.76 bits per heavy atom. The van der Waals surface area contributed by atoms with Crippen molar-refractivity contribution in [1.29, 1.82) is 0 Å². The molecule has 1 aromatic rings. The number of aromatic nitrogens is 1. The SMILES string of the molecule is CSCCC(CO)Nc1nc(C(F)(F)F)cs1. The van der Waals surface area contributed by atoms with Gasteiger partial charge in [0.2, 0.25) is 0 Å². The average molecular weight is 286 g/mol. The first-order chi connectivity index (χ1) is 7.97. The van der Waals surface area contributed by atoms with E-state index in [1.54, 1.807) is 11.8 Å². The van der Waals surface area contributed by atoms with Crippen LogP contribution < -0.4 is 5.32 Å². The van der Waals surface area contributed by atoms with Gasteiger partial charge in [-0.15, -0.1) is 11.3 Å². The Hall–Kier alpha value is -0.470. The van der Waals surface area contributed by atoms with Gasteiger partial charge in [-0.2, -0.15) is 24.9 Å². The van der Waals surface area contributed by atoms with Crippen LogP contribution in [0.15, 0.2) is 5.38 Å². The van der Waals surface area contributed by atoms with E-state index in [1.807, 2.05) is 6.26 Å². The van der Waals surface area contributed by atoms with Gasteiger partial charge in [0.15, 0.2) is 10.8 Å². The quantitative estimate of drug-likeness (QED) is 0.844. The molecule has 0 aromatic carbocycles. The van der Waals surface area contributed by atoms with Gasteiger partial charge < -0.3 is 10.4 Å². The van der Waals surface area contributed by atoms with Crippen molar-refractivity contribution in [2.24, 2.45) is 0 Å². The van der Waals surface area contributed by atoms with E-state index in [0.717, 1.165) is 22.5 Å². The third-order valence-corrected chi connectivity index (χ3v) is 3.43. The molecule has 0 spiro atoms. The summed E-state index contributed by atoms with van der Waals surface area (Å²) in [6.07, 6.45) is -1.80. The van der Waals surface area contributed by atoms with E-state index in [1.165, 1.54) is 0 Å². The van der Waals surface area contributed by atoms with Gasteiger partial charge >= 0.3 is 6.18 Å². The summed E-state index contributed by atoms with van der Waals surface area (Å²) in [6.45, 7) is -0.124. The van der Waals surface area contributed by atoms with Gasteiger partial charge in [0.1, 0.15) is 0 Å². The van der Waals surface area contributed by atoms with Crippen LogP contribution in [0.5, 0.6) is 0 Å². The third kappa shape index (κ3) is 4.72. The maximum Gasteiger partial charge on any atom is 0.434 e. The minimum atomic E-state index is -4.41. The Morgan fingerprint density at radius 2 is 2.29 bits per heavy atom. The van der Waals surface area contributed by atoms with Gasteiger partial charge in [-0.05, 0) is 18.4 Å². The number of nitrogens with one attached hydrogen (secondary N) is 1. The summed E-state index contributed by atoms with van der Waals surface area (Å²) in [6, 6.07) is -0.255. The molecule has 1 heterocycles. The number of hydrogen-bond acceptors (Lipinski definition) is 5. The molecular weight excluding hydrogens is 273 g/mol. The van der Waals surface area contributed by atoms with Gasteiger partial charge in [-0.1, -0.05) is 0 Å². The largest absolute Gasteiger partial charge is 0.434 e. The number of halogens is 3. The summed E-state index contributed by atoms with van der Waals surface area (Å²) >= 11 is 2.51. The first-order valence-electron chi connectivity index (χ1n) is 4.86. The number of anilines is 1. The molecule has 1 rings (SSSR count). The molecule has 0 aliphatic heterocycles. The van der Waals surface area contributed by atoms with Crippen molar-refractivity contribution in [3.8, 4) is 0 Å². The van der Waals surface area contributed by atoms with Crippen molar-refractivity contribution in [1.82, 2.24) is 4.98 Å². The topological polar surface area (TPSA) is 45.1 Å². The van der Waals surface area contributed by atoms with Gasteiger partial charge in [-0.25, -0.2) is 4.98 Å². The Kier molecular flexibility index (Phi) is 5.54. The lowest BCUT2D eigenvalue weighted by molar-refractivity contribution is -0.140. The number of hydrogen-bond donors (Lipinski definition) is 2. The lowest BCUT2D eigenvalue weighted by Crippen LogP contribution is -2.24. The van der Waals surface area contributed by atoms with Gasteiger partial charge in [0.05, 0.1) is 12.6 Å². The maximum atomic E-state index is 12.3. The predicted octanol–water partition coefficient (Wildman–Crippen LogP) is 2.69. The number of alkyl halides is 3. The maximum absolute atomic E-state index is 12.3. The Bertz CT molecular complexity index is 343. The van der Waals surface area contributed by atoms with E-state index in [9.17, 15) is 13.2 Å². The first kappa shape index (κ1) is 14.6. The highest BCUT2D eigenvalue weighted by atomic mass is 32.2. The number of nitrogens with zero attached hydrogens (tertiary/aromatic N) is 1. The van der Waals surface area contributed by atoms with Crippen LogP contribution in [0.25, 0.3) is 0 Å². The molecule has 1 aromatic heterocycles. The van der Waals surface area contributed by atoms with Crippen molar-refractivity contribution in [3.05, 3.63) is 11.1 Å². The molecule has 0 radical (unpaired) electrons. The van der Waals surface area contributed by atoms with E-state index < -0.39 is 11.9 Å². The lowest BCUT2D eigenvalue weighted by Gasteiger charge is -2.14. The fourth-order valence-electron chi connectivity index (χ4n) is 1.11. The standard InChI is InChI=1S/C9H13F3N2OS2/c1-16-3-2-6(4-15)13-8-14-7(5-17-8)9(10,11)12/h5-6,15H,2-4H2,1H3,(H,13,14). The number of aliphatic hydroxyl groups is 1. The molecule has 0 aliphatic carbocycles. The number of aliphatic hydroxyl groups excluding tert-OH is 1. The molecule has 2 N–H and O–H groups in total. The van der Waals surface area contributed by atoms with E-state index in [0.29, 0.717) is 6.42 Å². The van der Waals surface area contributed by atoms with Gasteiger partial charge in [-0.3, -0.25) is 0 Å². The Labute approximate surface area is 105 Å². The molecule has 0 saturated heterocycles. The highest BCUT2D eigenvalue weighted by Crippen LogP contribution is 2.31. The van der Waals surface area contributed by atoms with Crippen LogP contribution in [-0.4, -0.2) is 34.7 Å². The van der Waals surface area contributed by atoms with Crippen molar-refractivity contribution in [2.45, 2.75) is 18.6 Å². The zero-order chi connectivity index (χ0) is 12.9. The molecule has 0 bridgehead atoms. The molecule has 0 amide bonds. The third-order valence-electron chi connectivity index (χ3n) is 2.01. The summed E-state index contributed by atoms with van der Waals surface area (Å²) in [5.41, 5.74) is -0.897. The highest BCUT2D eigenvalue weighted by Gasteiger charge is 2.33. The molecule has 0 fully saturated rings. The van der Waals surface area contributed by atoms with Crippen molar-refractivity contribution in [2.75, 3.05) is 23.9 Å². The fraction of sp³-hybridized carbons (Fsp3) is 0.667. The number of thiazole rings is 1. The van der Waals surface area contributed by atoms with Gasteiger partial charge in [0.25, 0.3) is 0 Å². The van der Waals surface area contributed by atoms with Crippen molar-refractivity contribution >= 4 is 28.2 Å². The van der Waals surface area contributed by atoms with Crippen LogP contribution in [0, 0.1) is 0 Å². The molecular formula is C9H13F3N2OS2. The molecule has 1 unspecified atom stereocenters. The second-order valence-corrected chi connectivity index (χ2v) is 5.18. The zero-order valence-corrected chi connectivity index (χ0v) is 10.8. The number of rotatable bonds is 6. The average Bonchev–Trinajstić information content (AvgIpc) is 2.72. The molecule has 0 aliphatic rings. The van der Waals surface area contributed by atoms with Crippen LogP contribution in [0.2, 0.25) is 0 Å². The minimum Gasteiger partial charge on any atom is -0.394 e. The molecule has 3 nitrogen and oxygen atoms in total. The Morgan fingerprint density at radius 1 is 1.59 bits per heavy atom. The van der Waals surface area contributed by atoms with E-state index >= 15 is 0 Å². The lowest BCUT2D eigenvalue weighted by atomic mass is 10.2. The smallest absolute Gasteiger partial charge is 0.394 e. The molecule has 8 heteroatoms. The Balaban J connectivity index is 2.58. The predicted molar refractivity (Wildman–Crippen MR) is 64.6 cm³/mol. The molecule has 0 saturated carbocycles. The van der Waals surface area contributed by atoms with Crippen LogP contribution in [0.4, 0.5) is 18.3 Å². The zero-order valence-electron chi connectivity index (χ0n) is 9.12. The number of thioether (sulfide) groups is 1. The van der Waals surface area contributed by atoms with Crippen LogP contribution in [-0.2, 0) is 6.18 Å². The highest BCUT2D eigenvalue weighted by molar-refractivity contribution is 7.98. The van der Waals surface area contributed by atoms with Crippen LogP contribution in [0.3, 0.4) is 0 Å². The normalized spacial score (nSPS) is 13.7. The second kappa shape index (κ2) is 6.46. The fourth-order valence-corrected chi connectivity index (χ4v) is 2.43. The molecule has 17 heavy (non-hydrogen) atoms. The second-order valence-electron chi connectivity index (χ2n) is 3.34. The monoisotopic (exact) mass is 286 g/mol. The summed E-state index contributed by atoms with van der Waals surface area (Å²) in [5.74, 6) is 0.829. The summed E-state index contributed by atoms with van der Waals surface area (Å²) in [4.78, 5) is 3.44. The molecule has 98 valence electrons. The van der Waals surface area contributed by atoms with Crippen LogP contribution in [0.1, 0.15) is 12.1 Å². The summed E-state index contributed by atoms with van der Waals surface area (Å²) in [7, 11) is 0. The van der Waals surface area contributed by atoms with E-state index in [4.69, 9.17) is 5.11 Å². The molecule has 1 atom stereocenters. The summed E-state index contributed by atoms with van der Waals surface area (Å²) in [5, 5.41) is 13.0. The van der Waals surface area contributed by atoms with Crippen LogP contribution >= 0.6 is 23.1 Å². The van der Waals surface area contributed by atoms with Crippen molar-refractivity contribution < 1.29 is 18.3 Å². The van der Waals surface area contributed by atoms with E-state index in [2.05, 4.69) is 10.3 Å².